The van der Waals surface area contributed by atoms with Gasteiger partial charge in [0.25, 0.3) is 0 Å². The van der Waals surface area contributed by atoms with Gasteiger partial charge >= 0.3 is 0 Å². The van der Waals surface area contributed by atoms with Gasteiger partial charge in [0.05, 0.1) is 11.0 Å². The van der Waals surface area contributed by atoms with E-state index in [4.69, 9.17) is 4.98 Å². The second kappa shape index (κ2) is 9.68. The molecule has 2 nitrogen and oxygen atoms in total. The van der Waals surface area contributed by atoms with Gasteiger partial charge in [0, 0.05) is 22.4 Å². The zero-order valence-corrected chi connectivity index (χ0v) is 24.5. The fourth-order valence-corrected chi connectivity index (χ4v) is 7.18. The van der Waals surface area contributed by atoms with Crippen LogP contribution in [0, 0.1) is 0 Å². The number of para-hydroxylation sites is 1. The fraction of sp³-hybridized carbons (Fsp3) is 0.0976. The molecule has 8 rings (SSSR count). The Hall–Kier alpha value is -5.21. The van der Waals surface area contributed by atoms with Gasteiger partial charge in [-0.1, -0.05) is 118 Å². The van der Waals surface area contributed by atoms with Gasteiger partial charge in [-0.15, -0.1) is 0 Å². The molecule has 0 unspecified atom stereocenters. The maximum atomic E-state index is 4.78. The van der Waals surface area contributed by atoms with Crippen molar-refractivity contribution in [2.24, 2.45) is 0 Å². The standard InChI is InChI=1S/C41H32N2/c1-27-13-5-4-6-15-30-31-22-21-28(25-36(31)41(2,3)35(30)23-20-27)34-26-38-40(32-16-8-7-14-29(32)34)33-17-9-10-18-37(33)43(38)39-19-11-12-24-42-39/h4-14,16-26H,1,15H2,2-3H3/b6-4-,13-5-,23-20?. The minimum absolute atomic E-state index is 0.128. The summed E-state index contributed by atoms with van der Waals surface area (Å²) >= 11 is 0. The summed E-state index contributed by atoms with van der Waals surface area (Å²) in [6.45, 7) is 8.93. The molecule has 4 aromatic carbocycles. The molecule has 2 heterocycles. The number of nitrogens with zero attached hydrogens (tertiary/aromatic N) is 2. The number of hydrogen-bond donors (Lipinski definition) is 0. The van der Waals surface area contributed by atoms with E-state index in [1.54, 1.807) is 0 Å². The van der Waals surface area contributed by atoms with Crippen LogP contribution in [0.25, 0.3) is 55.1 Å². The molecular formula is C41H32N2. The smallest absolute Gasteiger partial charge is 0.137 e. The first-order chi connectivity index (χ1) is 21.0. The lowest BCUT2D eigenvalue weighted by molar-refractivity contribution is 0.654. The van der Waals surface area contributed by atoms with E-state index in [0.29, 0.717) is 0 Å². The molecule has 0 bridgehead atoms. The summed E-state index contributed by atoms with van der Waals surface area (Å²) in [5.74, 6) is 0.928. The lowest BCUT2D eigenvalue weighted by atomic mass is 9.79. The van der Waals surface area contributed by atoms with E-state index in [0.717, 1.165) is 17.8 Å². The number of allylic oxidation sites excluding steroid dienone is 9. The number of rotatable bonds is 2. The third-order valence-corrected chi connectivity index (χ3v) is 9.23. The molecule has 43 heavy (non-hydrogen) atoms. The predicted molar refractivity (Wildman–Crippen MR) is 183 cm³/mol. The van der Waals surface area contributed by atoms with E-state index >= 15 is 0 Å². The average molecular weight is 553 g/mol. The lowest BCUT2D eigenvalue weighted by Gasteiger charge is -2.24. The van der Waals surface area contributed by atoms with Crippen LogP contribution in [0.1, 0.15) is 31.4 Å². The summed E-state index contributed by atoms with van der Waals surface area (Å²) in [6.07, 6.45) is 15.8. The first-order valence-electron chi connectivity index (χ1n) is 15.0. The Balaban J connectivity index is 1.39. The largest absolute Gasteiger partial charge is 0.294 e. The molecule has 0 amide bonds. The van der Waals surface area contributed by atoms with Crippen LogP contribution in [0.3, 0.4) is 0 Å². The highest BCUT2D eigenvalue weighted by molar-refractivity contribution is 6.24. The van der Waals surface area contributed by atoms with Crippen molar-refractivity contribution in [2.45, 2.75) is 25.7 Å². The monoisotopic (exact) mass is 552 g/mol. The molecule has 0 atom stereocenters. The Kier molecular flexibility index (Phi) is 5.74. The van der Waals surface area contributed by atoms with Crippen LogP contribution in [0.2, 0.25) is 0 Å². The lowest BCUT2D eigenvalue weighted by Crippen LogP contribution is -2.16. The molecule has 2 aliphatic carbocycles. The van der Waals surface area contributed by atoms with Crippen molar-refractivity contribution in [2.75, 3.05) is 0 Å². The molecule has 6 aromatic rings. The molecule has 0 aliphatic heterocycles. The van der Waals surface area contributed by atoms with E-state index in [9.17, 15) is 0 Å². The van der Waals surface area contributed by atoms with Crippen LogP contribution in [-0.4, -0.2) is 9.55 Å². The van der Waals surface area contributed by atoms with Gasteiger partial charge in [-0.3, -0.25) is 4.57 Å². The topological polar surface area (TPSA) is 17.8 Å². The van der Waals surface area contributed by atoms with Crippen LogP contribution < -0.4 is 0 Å². The summed E-state index contributed by atoms with van der Waals surface area (Å²) in [4.78, 5) is 4.78. The Morgan fingerprint density at radius 3 is 2.35 bits per heavy atom. The Morgan fingerprint density at radius 2 is 1.51 bits per heavy atom. The number of benzene rings is 4. The summed E-state index contributed by atoms with van der Waals surface area (Å²) in [6, 6.07) is 33.2. The van der Waals surface area contributed by atoms with E-state index < -0.39 is 0 Å². The van der Waals surface area contributed by atoms with Gasteiger partial charge in [-0.25, -0.2) is 4.98 Å². The zero-order valence-electron chi connectivity index (χ0n) is 24.5. The number of fused-ring (bicyclic) bond motifs is 7. The molecule has 0 radical (unpaired) electrons. The maximum Gasteiger partial charge on any atom is 0.137 e. The third kappa shape index (κ3) is 3.90. The molecule has 0 saturated carbocycles. The molecule has 206 valence electrons. The molecule has 2 aliphatic rings. The maximum absolute atomic E-state index is 4.78. The Bertz CT molecular complexity index is 2230. The van der Waals surface area contributed by atoms with Gasteiger partial charge in [0.1, 0.15) is 5.82 Å². The van der Waals surface area contributed by atoms with Gasteiger partial charge in [-0.05, 0) is 86.5 Å². The van der Waals surface area contributed by atoms with Crippen LogP contribution in [0.15, 0.2) is 151 Å². The molecular weight excluding hydrogens is 520 g/mol. The molecule has 0 fully saturated rings. The van der Waals surface area contributed by atoms with Crippen LogP contribution in [-0.2, 0) is 5.41 Å². The van der Waals surface area contributed by atoms with Crippen molar-refractivity contribution in [3.63, 3.8) is 0 Å². The first kappa shape index (κ1) is 25.5. The highest BCUT2D eigenvalue weighted by Crippen LogP contribution is 2.50. The predicted octanol–water partition coefficient (Wildman–Crippen LogP) is 10.7. The van der Waals surface area contributed by atoms with E-state index in [2.05, 4.69) is 146 Å². The average Bonchev–Trinajstić information content (AvgIpc) is 3.48. The Labute approximate surface area is 252 Å². The van der Waals surface area contributed by atoms with E-state index in [1.165, 1.54) is 66.0 Å². The second-order valence-electron chi connectivity index (χ2n) is 12.1. The Morgan fingerprint density at radius 1 is 0.721 bits per heavy atom. The van der Waals surface area contributed by atoms with Gasteiger partial charge in [0.2, 0.25) is 0 Å². The number of aromatic nitrogens is 2. The van der Waals surface area contributed by atoms with Crippen molar-refractivity contribution >= 4 is 38.2 Å². The highest BCUT2D eigenvalue weighted by atomic mass is 15.1. The number of hydrogen-bond acceptors (Lipinski definition) is 1. The zero-order chi connectivity index (χ0) is 29.1. The van der Waals surface area contributed by atoms with Gasteiger partial charge in [-0.2, -0.15) is 0 Å². The second-order valence-corrected chi connectivity index (χ2v) is 12.1. The normalized spacial score (nSPS) is 17.4. The van der Waals surface area contributed by atoms with Crippen molar-refractivity contribution in [3.8, 4) is 16.9 Å². The minimum Gasteiger partial charge on any atom is -0.294 e. The molecule has 0 saturated heterocycles. The van der Waals surface area contributed by atoms with Crippen LogP contribution in [0.5, 0.6) is 0 Å². The quantitative estimate of drug-likeness (QED) is 0.209. The SMILES string of the molecule is C=C1C=CC2=C(C/C=C\C=C/1)c1ccc(-c3cc4c(c5ccccc35)c3ccccc3n4-c3ccccn3)cc1C2(C)C. The summed E-state index contributed by atoms with van der Waals surface area (Å²) in [5, 5.41) is 5.04. The van der Waals surface area contributed by atoms with Gasteiger partial charge in [0.15, 0.2) is 0 Å². The highest BCUT2D eigenvalue weighted by Gasteiger charge is 2.36. The summed E-state index contributed by atoms with van der Waals surface area (Å²) < 4.78 is 2.31. The first-order valence-corrected chi connectivity index (χ1v) is 15.0. The van der Waals surface area contributed by atoms with Crippen molar-refractivity contribution < 1.29 is 0 Å². The van der Waals surface area contributed by atoms with E-state index in [-0.39, 0.29) is 5.41 Å². The van der Waals surface area contributed by atoms with Crippen LogP contribution in [0.4, 0.5) is 0 Å². The van der Waals surface area contributed by atoms with Crippen molar-refractivity contribution in [1.29, 1.82) is 0 Å². The van der Waals surface area contributed by atoms with Crippen molar-refractivity contribution in [3.05, 3.63) is 163 Å². The van der Waals surface area contributed by atoms with Gasteiger partial charge < -0.3 is 0 Å². The van der Waals surface area contributed by atoms with Crippen LogP contribution >= 0.6 is 0 Å². The molecule has 0 spiro atoms. The molecule has 2 aromatic heterocycles. The van der Waals surface area contributed by atoms with E-state index in [1.807, 2.05) is 12.3 Å². The fourth-order valence-electron chi connectivity index (χ4n) is 7.18. The summed E-state index contributed by atoms with van der Waals surface area (Å²) in [5.41, 5.74) is 11.2. The van der Waals surface area contributed by atoms with Crippen molar-refractivity contribution in [1.82, 2.24) is 9.55 Å². The molecule has 2 heteroatoms. The third-order valence-electron chi connectivity index (χ3n) is 9.23. The molecule has 0 N–H and O–H groups in total. The number of pyridine rings is 1. The summed E-state index contributed by atoms with van der Waals surface area (Å²) in [7, 11) is 0. The minimum atomic E-state index is -0.128.